The minimum atomic E-state index is -0.320. The molecule has 0 aromatic heterocycles. The van der Waals surface area contributed by atoms with Crippen LogP contribution in [0.5, 0.6) is 5.75 Å². The molecule has 0 spiro atoms. The molecule has 154 valence electrons. The second-order valence-corrected chi connectivity index (χ2v) is 8.51. The van der Waals surface area contributed by atoms with E-state index in [4.69, 9.17) is 9.47 Å². The summed E-state index contributed by atoms with van der Waals surface area (Å²) in [5.41, 5.74) is 0.734. The lowest BCUT2D eigenvalue weighted by Gasteiger charge is -2.31. The van der Waals surface area contributed by atoms with Crippen LogP contribution >= 0.6 is 0 Å². The predicted octanol–water partition coefficient (Wildman–Crippen LogP) is 2.08. The van der Waals surface area contributed by atoms with Gasteiger partial charge in [-0.1, -0.05) is 12.1 Å². The Kier molecular flexibility index (Phi) is 6.13. The van der Waals surface area contributed by atoms with Crippen LogP contribution in [0.3, 0.4) is 0 Å². The maximum absolute atomic E-state index is 13.2. The Morgan fingerprint density at radius 1 is 1.07 bits per heavy atom. The quantitative estimate of drug-likeness (QED) is 0.859. The first-order chi connectivity index (χ1) is 13.3. The third-order valence-electron chi connectivity index (χ3n) is 5.27. The normalized spacial score (nSPS) is 22.9. The molecule has 1 N–H and O–H groups in total. The zero-order valence-corrected chi connectivity index (χ0v) is 17.2. The van der Waals surface area contributed by atoms with Crippen molar-refractivity contribution >= 4 is 11.9 Å². The topological polar surface area (TPSA) is 71.1 Å². The van der Waals surface area contributed by atoms with Gasteiger partial charge in [0.05, 0.1) is 26.2 Å². The molecule has 0 radical (unpaired) electrons. The Morgan fingerprint density at radius 3 is 2.29 bits per heavy atom. The maximum atomic E-state index is 13.2. The number of likely N-dealkylation sites (tertiary alicyclic amines) is 1. The molecule has 1 aromatic rings. The highest BCUT2D eigenvalue weighted by molar-refractivity contribution is 5.83. The van der Waals surface area contributed by atoms with Crippen molar-refractivity contribution in [3.05, 3.63) is 29.8 Å². The zero-order chi connectivity index (χ0) is 20.3. The maximum Gasteiger partial charge on any atom is 0.317 e. The van der Waals surface area contributed by atoms with Crippen molar-refractivity contribution in [2.75, 3.05) is 46.5 Å². The summed E-state index contributed by atoms with van der Waals surface area (Å²) in [5, 5.41) is 3.01. The van der Waals surface area contributed by atoms with Crippen molar-refractivity contribution in [2.45, 2.75) is 32.2 Å². The van der Waals surface area contributed by atoms with E-state index in [9.17, 15) is 9.59 Å². The Balaban J connectivity index is 1.81. The third-order valence-corrected chi connectivity index (χ3v) is 5.27. The summed E-state index contributed by atoms with van der Waals surface area (Å²) in [6.45, 7) is 9.18. The van der Waals surface area contributed by atoms with E-state index in [0.717, 1.165) is 11.3 Å². The summed E-state index contributed by atoms with van der Waals surface area (Å²) in [6.07, 6.45) is 0. The lowest BCUT2D eigenvalue weighted by molar-refractivity contribution is -0.139. The number of nitrogens with one attached hydrogen (secondary N) is 1. The SMILES string of the molecule is COc1ccc([C@H]2CN(C(=O)NC(C)(C)C)C[C@@H]2C(=O)N2CCOCC2)cc1. The molecule has 2 heterocycles. The first kappa shape index (κ1) is 20.5. The molecule has 2 aliphatic rings. The van der Waals surface area contributed by atoms with Gasteiger partial charge in [-0.2, -0.15) is 0 Å². The summed E-state index contributed by atoms with van der Waals surface area (Å²) in [7, 11) is 1.63. The van der Waals surface area contributed by atoms with E-state index in [-0.39, 0.29) is 29.3 Å². The Hall–Kier alpha value is -2.28. The van der Waals surface area contributed by atoms with Gasteiger partial charge in [-0.25, -0.2) is 4.79 Å². The van der Waals surface area contributed by atoms with Gasteiger partial charge in [0.1, 0.15) is 5.75 Å². The number of benzene rings is 1. The molecule has 0 unspecified atom stereocenters. The molecule has 2 fully saturated rings. The Labute approximate surface area is 167 Å². The molecule has 2 atom stereocenters. The molecule has 2 aliphatic heterocycles. The summed E-state index contributed by atoms with van der Waals surface area (Å²) < 4.78 is 10.6. The summed E-state index contributed by atoms with van der Waals surface area (Å²) in [4.78, 5) is 29.6. The number of hydrogen-bond donors (Lipinski definition) is 1. The molecule has 0 aliphatic carbocycles. The van der Waals surface area contributed by atoms with Crippen LogP contribution in [-0.4, -0.2) is 73.8 Å². The predicted molar refractivity (Wildman–Crippen MR) is 106 cm³/mol. The van der Waals surface area contributed by atoms with Gasteiger partial charge in [0.15, 0.2) is 0 Å². The lowest BCUT2D eigenvalue weighted by atomic mass is 9.88. The molecule has 0 bridgehead atoms. The fourth-order valence-corrected chi connectivity index (χ4v) is 3.83. The molecule has 3 amide bonds. The first-order valence-electron chi connectivity index (χ1n) is 9.86. The van der Waals surface area contributed by atoms with Crippen LogP contribution in [0.25, 0.3) is 0 Å². The second kappa shape index (κ2) is 8.39. The number of hydrogen-bond acceptors (Lipinski definition) is 4. The van der Waals surface area contributed by atoms with Crippen LogP contribution in [0.15, 0.2) is 24.3 Å². The van der Waals surface area contributed by atoms with E-state index in [1.807, 2.05) is 49.9 Å². The Morgan fingerprint density at radius 2 is 1.71 bits per heavy atom. The summed E-state index contributed by atoms with van der Waals surface area (Å²) in [5.74, 6) is 0.597. The largest absolute Gasteiger partial charge is 0.497 e. The minimum Gasteiger partial charge on any atom is -0.497 e. The van der Waals surface area contributed by atoms with Gasteiger partial charge in [0.2, 0.25) is 5.91 Å². The molecule has 2 saturated heterocycles. The van der Waals surface area contributed by atoms with Gasteiger partial charge in [-0.05, 0) is 38.5 Å². The number of carbonyl (C=O) groups is 2. The van der Waals surface area contributed by atoms with Crippen molar-refractivity contribution in [3.63, 3.8) is 0 Å². The highest BCUT2D eigenvalue weighted by Crippen LogP contribution is 2.35. The molecular weight excluding hydrogens is 358 g/mol. The molecule has 7 heteroatoms. The van der Waals surface area contributed by atoms with E-state index in [1.54, 1.807) is 12.0 Å². The van der Waals surface area contributed by atoms with Crippen LogP contribution < -0.4 is 10.1 Å². The van der Waals surface area contributed by atoms with E-state index in [1.165, 1.54) is 0 Å². The number of amides is 3. The van der Waals surface area contributed by atoms with E-state index in [2.05, 4.69) is 5.32 Å². The van der Waals surface area contributed by atoms with Crippen molar-refractivity contribution in [1.82, 2.24) is 15.1 Å². The number of carbonyl (C=O) groups excluding carboxylic acids is 2. The zero-order valence-electron chi connectivity index (χ0n) is 17.2. The van der Waals surface area contributed by atoms with E-state index in [0.29, 0.717) is 39.4 Å². The van der Waals surface area contributed by atoms with Crippen LogP contribution in [-0.2, 0) is 9.53 Å². The second-order valence-electron chi connectivity index (χ2n) is 8.51. The minimum absolute atomic E-state index is 0.0352. The smallest absolute Gasteiger partial charge is 0.317 e. The average Bonchev–Trinajstić information content (AvgIpc) is 3.12. The summed E-state index contributed by atoms with van der Waals surface area (Å²) in [6, 6.07) is 7.68. The van der Waals surface area contributed by atoms with Crippen LogP contribution in [0.4, 0.5) is 4.79 Å². The molecule has 1 aromatic carbocycles. The number of urea groups is 1. The van der Waals surface area contributed by atoms with Crippen LogP contribution in [0, 0.1) is 5.92 Å². The van der Waals surface area contributed by atoms with Gasteiger partial charge in [0, 0.05) is 37.6 Å². The average molecular weight is 389 g/mol. The van der Waals surface area contributed by atoms with Crippen LogP contribution in [0.1, 0.15) is 32.3 Å². The van der Waals surface area contributed by atoms with Crippen molar-refractivity contribution in [1.29, 1.82) is 0 Å². The van der Waals surface area contributed by atoms with E-state index >= 15 is 0 Å². The monoisotopic (exact) mass is 389 g/mol. The standard InChI is InChI=1S/C21H31N3O4/c1-21(2,3)22-20(26)24-13-17(15-5-7-16(27-4)8-6-15)18(14-24)19(25)23-9-11-28-12-10-23/h5-8,17-18H,9-14H2,1-4H3,(H,22,26)/t17-,18+/m1/s1. The number of rotatable bonds is 3. The molecular formula is C21H31N3O4. The fraction of sp³-hybridized carbons (Fsp3) is 0.619. The number of nitrogens with zero attached hydrogens (tertiary/aromatic N) is 2. The van der Waals surface area contributed by atoms with Gasteiger partial charge in [0.25, 0.3) is 0 Å². The molecule has 3 rings (SSSR count). The highest BCUT2D eigenvalue weighted by Gasteiger charge is 2.42. The molecule has 7 nitrogen and oxygen atoms in total. The van der Waals surface area contributed by atoms with Gasteiger partial charge < -0.3 is 24.6 Å². The summed E-state index contributed by atoms with van der Waals surface area (Å²) >= 11 is 0. The Bertz CT molecular complexity index is 693. The highest BCUT2D eigenvalue weighted by atomic mass is 16.5. The lowest BCUT2D eigenvalue weighted by Crippen LogP contribution is -2.48. The van der Waals surface area contributed by atoms with Gasteiger partial charge in [-0.15, -0.1) is 0 Å². The first-order valence-corrected chi connectivity index (χ1v) is 9.86. The van der Waals surface area contributed by atoms with Crippen LogP contribution in [0.2, 0.25) is 0 Å². The number of morpholine rings is 1. The molecule has 28 heavy (non-hydrogen) atoms. The fourth-order valence-electron chi connectivity index (χ4n) is 3.83. The third kappa shape index (κ3) is 4.76. The van der Waals surface area contributed by atoms with E-state index < -0.39 is 0 Å². The van der Waals surface area contributed by atoms with Crippen molar-refractivity contribution in [2.24, 2.45) is 5.92 Å². The van der Waals surface area contributed by atoms with Crippen molar-refractivity contribution < 1.29 is 19.1 Å². The number of ether oxygens (including phenoxy) is 2. The molecule has 0 saturated carbocycles. The number of methoxy groups -OCH3 is 1. The van der Waals surface area contributed by atoms with Crippen molar-refractivity contribution in [3.8, 4) is 5.75 Å². The van der Waals surface area contributed by atoms with Gasteiger partial charge >= 0.3 is 6.03 Å². The van der Waals surface area contributed by atoms with Gasteiger partial charge in [-0.3, -0.25) is 4.79 Å².